The lowest BCUT2D eigenvalue weighted by Crippen LogP contribution is -2.05. The highest BCUT2D eigenvalue weighted by molar-refractivity contribution is 5.93. The van der Waals surface area contributed by atoms with Gasteiger partial charge in [0.25, 0.3) is 0 Å². The van der Waals surface area contributed by atoms with E-state index < -0.39 is 0 Å². The van der Waals surface area contributed by atoms with E-state index >= 15 is 0 Å². The van der Waals surface area contributed by atoms with Gasteiger partial charge in [-0.05, 0) is 5.56 Å². The van der Waals surface area contributed by atoms with Crippen LogP contribution < -0.4 is 11.5 Å². The van der Waals surface area contributed by atoms with E-state index in [0.29, 0.717) is 22.6 Å². The number of nitrogens with zero attached hydrogens (tertiary/aromatic N) is 2. The Morgan fingerprint density at radius 3 is 1.86 bits per heavy atom. The van der Waals surface area contributed by atoms with Crippen molar-refractivity contribution in [2.75, 3.05) is 11.5 Å². The number of rotatable bonds is 2. The van der Waals surface area contributed by atoms with Crippen LogP contribution in [0.5, 0.6) is 0 Å². The van der Waals surface area contributed by atoms with Crippen molar-refractivity contribution in [3.8, 4) is 28.5 Å². The van der Waals surface area contributed by atoms with E-state index in [1.54, 1.807) is 0 Å². The molecule has 1 aromatic heterocycles. The maximum Gasteiger partial charge on any atom is 0.151 e. The van der Waals surface area contributed by atoms with E-state index in [-0.39, 0.29) is 5.69 Å². The smallest absolute Gasteiger partial charge is 0.151 e. The molecule has 0 amide bonds. The number of nitrogens with two attached hydrogens (primary N) is 2. The van der Waals surface area contributed by atoms with Crippen molar-refractivity contribution in [1.29, 1.82) is 5.26 Å². The maximum absolute atomic E-state index is 9.46. The Labute approximate surface area is 128 Å². The number of nitriles is 1. The van der Waals surface area contributed by atoms with Crippen LogP contribution in [0.15, 0.2) is 60.7 Å². The molecule has 3 rings (SSSR count). The SMILES string of the molecule is N#Cc1nc(-c2ccccc2)c(N)c(N)c1-c1ccccc1. The monoisotopic (exact) mass is 286 g/mol. The van der Waals surface area contributed by atoms with Crippen LogP contribution in [0.25, 0.3) is 22.4 Å². The van der Waals surface area contributed by atoms with Gasteiger partial charge in [0.1, 0.15) is 6.07 Å². The summed E-state index contributed by atoms with van der Waals surface area (Å²) in [6.45, 7) is 0. The number of hydrogen-bond donors (Lipinski definition) is 2. The van der Waals surface area contributed by atoms with Crippen LogP contribution in [0.4, 0.5) is 11.4 Å². The van der Waals surface area contributed by atoms with Gasteiger partial charge in [-0.1, -0.05) is 60.7 Å². The Balaban J connectivity index is 2.28. The van der Waals surface area contributed by atoms with Gasteiger partial charge in [-0.2, -0.15) is 5.26 Å². The van der Waals surface area contributed by atoms with Gasteiger partial charge in [0.05, 0.1) is 17.1 Å². The highest BCUT2D eigenvalue weighted by Gasteiger charge is 2.18. The summed E-state index contributed by atoms with van der Waals surface area (Å²) in [6, 6.07) is 21.0. The number of pyridine rings is 1. The molecule has 0 aliphatic rings. The molecule has 0 fully saturated rings. The molecule has 4 N–H and O–H groups in total. The first-order chi connectivity index (χ1) is 10.7. The molecular formula is C18H14N4. The molecule has 0 radical (unpaired) electrons. The molecule has 4 nitrogen and oxygen atoms in total. The first-order valence-corrected chi connectivity index (χ1v) is 6.82. The van der Waals surface area contributed by atoms with Gasteiger partial charge >= 0.3 is 0 Å². The minimum Gasteiger partial charge on any atom is -0.396 e. The summed E-state index contributed by atoms with van der Waals surface area (Å²) in [6.07, 6.45) is 0. The number of anilines is 2. The molecule has 0 aliphatic heterocycles. The summed E-state index contributed by atoms with van der Waals surface area (Å²) in [4.78, 5) is 4.43. The maximum atomic E-state index is 9.46. The predicted molar refractivity (Wildman–Crippen MR) is 88.6 cm³/mol. The van der Waals surface area contributed by atoms with E-state index in [1.165, 1.54) is 0 Å². The van der Waals surface area contributed by atoms with Gasteiger partial charge in [-0.3, -0.25) is 0 Å². The highest BCUT2D eigenvalue weighted by Crippen LogP contribution is 2.37. The van der Waals surface area contributed by atoms with Crippen molar-refractivity contribution in [3.05, 3.63) is 66.4 Å². The largest absolute Gasteiger partial charge is 0.396 e. The minimum atomic E-state index is 0.275. The van der Waals surface area contributed by atoms with Crippen molar-refractivity contribution in [1.82, 2.24) is 4.98 Å². The third kappa shape index (κ3) is 2.25. The van der Waals surface area contributed by atoms with Crippen molar-refractivity contribution in [2.24, 2.45) is 0 Å². The Bertz CT molecular complexity index is 850. The van der Waals surface area contributed by atoms with E-state index in [4.69, 9.17) is 11.5 Å². The van der Waals surface area contributed by atoms with Crippen LogP contribution in [-0.2, 0) is 0 Å². The number of hydrogen-bond acceptors (Lipinski definition) is 4. The third-order valence-corrected chi connectivity index (χ3v) is 3.49. The Morgan fingerprint density at radius 2 is 1.32 bits per heavy atom. The first-order valence-electron chi connectivity index (χ1n) is 6.82. The van der Waals surface area contributed by atoms with Crippen LogP contribution in [0.3, 0.4) is 0 Å². The molecule has 0 bridgehead atoms. The van der Waals surface area contributed by atoms with Gasteiger partial charge in [-0.25, -0.2) is 4.98 Å². The minimum absolute atomic E-state index is 0.275. The van der Waals surface area contributed by atoms with Gasteiger partial charge in [0.15, 0.2) is 5.69 Å². The van der Waals surface area contributed by atoms with Gasteiger partial charge < -0.3 is 11.5 Å². The first kappa shape index (κ1) is 13.7. The van der Waals surface area contributed by atoms with Gasteiger partial charge in [-0.15, -0.1) is 0 Å². The molecule has 2 aromatic carbocycles. The van der Waals surface area contributed by atoms with Crippen molar-refractivity contribution >= 4 is 11.4 Å². The molecular weight excluding hydrogens is 272 g/mol. The van der Waals surface area contributed by atoms with E-state index in [1.807, 2.05) is 60.7 Å². The van der Waals surface area contributed by atoms with E-state index in [9.17, 15) is 5.26 Å². The Kier molecular flexibility index (Phi) is 3.47. The lowest BCUT2D eigenvalue weighted by atomic mass is 9.98. The summed E-state index contributed by atoms with van der Waals surface area (Å²) in [7, 11) is 0. The molecule has 0 saturated heterocycles. The summed E-state index contributed by atoms with van der Waals surface area (Å²) in [5, 5.41) is 9.46. The van der Waals surface area contributed by atoms with E-state index in [0.717, 1.165) is 11.1 Å². The molecule has 0 aliphatic carbocycles. The van der Waals surface area contributed by atoms with Crippen molar-refractivity contribution in [3.63, 3.8) is 0 Å². The molecule has 0 atom stereocenters. The molecule has 3 aromatic rings. The second-order valence-corrected chi connectivity index (χ2v) is 4.86. The fourth-order valence-electron chi connectivity index (χ4n) is 2.41. The van der Waals surface area contributed by atoms with Crippen molar-refractivity contribution in [2.45, 2.75) is 0 Å². The molecule has 0 unspecified atom stereocenters. The Hall–Kier alpha value is -3.32. The fourth-order valence-corrected chi connectivity index (χ4v) is 2.41. The zero-order valence-electron chi connectivity index (χ0n) is 11.8. The van der Waals surface area contributed by atoms with Crippen LogP contribution >= 0.6 is 0 Å². The quantitative estimate of drug-likeness (QED) is 0.755. The highest BCUT2D eigenvalue weighted by atomic mass is 14.8. The Morgan fingerprint density at radius 1 is 0.773 bits per heavy atom. The molecule has 22 heavy (non-hydrogen) atoms. The number of aromatic nitrogens is 1. The summed E-state index contributed by atoms with van der Waals surface area (Å²) in [5.41, 5.74) is 16.2. The van der Waals surface area contributed by atoms with Crippen LogP contribution in [-0.4, -0.2) is 4.98 Å². The van der Waals surface area contributed by atoms with Gasteiger partial charge in [0, 0.05) is 11.1 Å². The normalized spacial score (nSPS) is 10.1. The number of nitrogen functional groups attached to an aromatic ring is 2. The van der Waals surface area contributed by atoms with Gasteiger partial charge in [0.2, 0.25) is 0 Å². The molecule has 4 heteroatoms. The fraction of sp³-hybridized carbons (Fsp3) is 0. The second kappa shape index (κ2) is 5.58. The van der Waals surface area contributed by atoms with Crippen molar-refractivity contribution < 1.29 is 0 Å². The average Bonchev–Trinajstić information content (AvgIpc) is 2.58. The lowest BCUT2D eigenvalue weighted by Gasteiger charge is -2.14. The zero-order valence-corrected chi connectivity index (χ0v) is 11.8. The third-order valence-electron chi connectivity index (χ3n) is 3.49. The topological polar surface area (TPSA) is 88.7 Å². The van der Waals surface area contributed by atoms with E-state index in [2.05, 4.69) is 11.1 Å². The van der Waals surface area contributed by atoms with Crippen LogP contribution in [0.1, 0.15) is 5.69 Å². The second-order valence-electron chi connectivity index (χ2n) is 4.86. The molecule has 0 saturated carbocycles. The zero-order chi connectivity index (χ0) is 15.5. The summed E-state index contributed by atoms with van der Waals surface area (Å²) in [5.74, 6) is 0. The standard InChI is InChI=1S/C18H14N4/c19-11-14-15(12-7-3-1-4-8-12)16(20)17(21)18(22-14)13-9-5-2-6-10-13/h1-10H,21H2,(H2,20,22). The van der Waals surface area contributed by atoms with Crippen LogP contribution in [0, 0.1) is 11.3 Å². The van der Waals surface area contributed by atoms with Crippen LogP contribution in [0.2, 0.25) is 0 Å². The summed E-state index contributed by atoms with van der Waals surface area (Å²) < 4.78 is 0. The molecule has 1 heterocycles. The lowest BCUT2D eigenvalue weighted by molar-refractivity contribution is 1.27. The average molecular weight is 286 g/mol. The summed E-state index contributed by atoms with van der Waals surface area (Å²) >= 11 is 0. The molecule has 106 valence electrons. The number of benzene rings is 2. The molecule has 0 spiro atoms. The predicted octanol–water partition coefficient (Wildman–Crippen LogP) is 3.45.